The molecule has 0 amide bonds. The van der Waals surface area contributed by atoms with Crippen LogP contribution in [0, 0.1) is 0 Å². The first-order chi connectivity index (χ1) is 8.41. The van der Waals surface area contributed by atoms with Crippen molar-refractivity contribution < 1.29 is 13.2 Å². The Bertz CT molecular complexity index is 466. The number of aromatic nitrogens is 4. The van der Waals surface area contributed by atoms with Crippen LogP contribution in [-0.2, 0) is 6.18 Å². The Morgan fingerprint density at radius 1 is 1.06 bits per heavy atom. The molecule has 0 aliphatic rings. The summed E-state index contributed by atoms with van der Waals surface area (Å²) in [5.74, 6) is 0. The van der Waals surface area contributed by atoms with Gasteiger partial charge in [-0.2, -0.15) is 13.2 Å². The van der Waals surface area contributed by atoms with Gasteiger partial charge in [0.1, 0.15) is 17.0 Å². The zero-order valence-electron chi connectivity index (χ0n) is 8.57. The van der Waals surface area contributed by atoms with Crippen LogP contribution in [0.4, 0.5) is 13.2 Å². The van der Waals surface area contributed by atoms with Crippen LogP contribution in [-0.4, -0.2) is 19.9 Å². The third-order valence-corrected chi connectivity index (χ3v) is 1.97. The molecule has 2 heterocycles. The Morgan fingerprint density at radius 2 is 1.67 bits per heavy atom. The van der Waals surface area contributed by atoms with Crippen molar-refractivity contribution in [3.8, 4) is 0 Å². The quantitative estimate of drug-likeness (QED) is 0.553. The Hall–Kier alpha value is -1.47. The zero-order valence-corrected chi connectivity index (χ0v) is 10.1. The van der Waals surface area contributed by atoms with Crippen molar-refractivity contribution in [2.24, 2.45) is 0 Å². The highest BCUT2D eigenvalue weighted by Crippen LogP contribution is 2.33. The van der Waals surface area contributed by atoms with Crippen molar-refractivity contribution in [3.63, 3.8) is 0 Å². The third kappa shape index (κ3) is 4.80. The lowest BCUT2D eigenvalue weighted by atomic mass is 10.3. The van der Waals surface area contributed by atoms with Crippen LogP contribution in [0.1, 0.15) is 5.56 Å². The molecule has 4 nitrogen and oxygen atoms in total. The van der Waals surface area contributed by atoms with Gasteiger partial charge in [0.15, 0.2) is 0 Å². The maximum absolute atomic E-state index is 12.0. The van der Waals surface area contributed by atoms with E-state index >= 15 is 0 Å². The molecule has 0 aromatic carbocycles. The Kier molecular flexibility index (Phi) is 5.24. The summed E-state index contributed by atoms with van der Waals surface area (Å²) < 4.78 is 35.9. The SMILES string of the molecule is FC(F)(F)c1cnc(Cl)nc1Cl.c1cncnc1. The third-order valence-electron chi connectivity index (χ3n) is 1.50. The summed E-state index contributed by atoms with van der Waals surface area (Å²) in [6.07, 6.45) is 0.874. The van der Waals surface area contributed by atoms with Gasteiger partial charge in [0.2, 0.25) is 5.28 Å². The highest BCUT2D eigenvalue weighted by molar-refractivity contribution is 6.32. The van der Waals surface area contributed by atoms with Crippen molar-refractivity contribution >= 4 is 23.2 Å². The Balaban J connectivity index is 0.000000225. The van der Waals surface area contributed by atoms with Gasteiger partial charge in [-0.15, -0.1) is 0 Å². The second-order valence-electron chi connectivity index (χ2n) is 2.75. The largest absolute Gasteiger partial charge is 0.420 e. The van der Waals surface area contributed by atoms with E-state index in [0.717, 1.165) is 0 Å². The fourth-order valence-electron chi connectivity index (χ4n) is 0.785. The van der Waals surface area contributed by atoms with Crippen LogP contribution >= 0.6 is 23.2 Å². The molecule has 0 saturated heterocycles. The minimum atomic E-state index is -4.54. The molecule has 0 bridgehead atoms. The molecule has 0 unspecified atom stereocenters. The van der Waals surface area contributed by atoms with E-state index in [1.165, 1.54) is 6.33 Å². The van der Waals surface area contributed by atoms with Crippen molar-refractivity contribution in [2.75, 3.05) is 0 Å². The van der Waals surface area contributed by atoms with Crippen LogP contribution in [0.25, 0.3) is 0 Å². The van der Waals surface area contributed by atoms with Gasteiger partial charge in [0.25, 0.3) is 0 Å². The maximum Gasteiger partial charge on any atom is 0.420 e. The minimum absolute atomic E-state index is 0.312. The molecule has 9 heteroatoms. The van der Waals surface area contributed by atoms with E-state index in [2.05, 4.69) is 19.9 Å². The molecular weight excluding hydrogens is 292 g/mol. The molecular formula is C9H5Cl2F3N4. The monoisotopic (exact) mass is 296 g/mol. The Morgan fingerprint density at radius 3 is 2.00 bits per heavy atom. The van der Waals surface area contributed by atoms with Crippen LogP contribution < -0.4 is 0 Å². The Labute approximate surface area is 110 Å². The topological polar surface area (TPSA) is 51.6 Å². The lowest BCUT2D eigenvalue weighted by Gasteiger charge is -2.06. The molecule has 18 heavy (non-hydrogen) atoms. The second kappa shape index (κ2) is 6.46. The molecule has 96 valence electrons. The van der Waals surface area contributed by atoms with Gasteiger partial charge in [-0.05, 0) is 17.7 Å². The molecule has 0 spiro atoms. The predicted molar refractivity (Wildman–Crippen MR) is 59.1 cm³/mol. The zero-order chi connectivity index (χ0) is 13.6. The maximum atomic E-state index is 12.0. The summed E-state index contributed by atoms with van der Waals surface area (Å²) >= 11 is 10.4. The summed E-state index contributed by atoms with van der Waals surface area (Å²) in [5.41, 5.74) is -1.09. The van der Waals surface area contributed by atoms with Crippen LogP contribution in [0.5, 0.6) is 0 Å². The molecule has 0 fully saturated rings. The summed E-state index contributed by atoms with van der Waals surface area (Å²) in [4.78, 5) is 13.6. The van der Waals surface area contributed by atoms with E-state index in [0.29, 0.717) is 6.20 Å². The van der Waals surface area contributed by atoms with Crippen LogP contribution in [0.3, 0.4) is 0 Å². The molecule has 0 atom stereocenters. The van der Waals surface area contributed by atoms with E-state index in [-0.39, 0.29) is 5.28 Å². The molecule has 0 aliphatic carbocycles. The molecule has 0 saturated carbocycles. The van der Waals surface area contributed by atoms with Gasteiger partial charge in [-0.1, -0.05) is 11.6 Å². The lowest BCUT2D eigenvalue weighted by Crippen LogP contribution is -2.07. The van der Waals surface area contributed by atoms with E-state index in [4.69, 9.17) is 23.2 Å². The lowest BCUT2D eigenvalue weighted by molar-refractivity contribution is -0.138. The second-order valence-corrected chi connectivity index (χ2v) is 3.44. The molecule has 2 rings (SSSR count). The number of hydrogen-bond donors (Lipinski definition) is 0. The highest BCUT2D eigenvalue weighted by Gasteiger charge is 2.34. The smallest absolute Gasteiger partial charge is 0.245 e. The minimum Gasteiger partial charge on any atom is -0.245 e. The number of rotatable bonds is 0. The number of nitrogens with zero attached hydrogens (tertiary/aromatic N) is 4. The van der Waals surface area contributed by atoms with Gasteiger partial charge in [-0.3, -0.25) is 0 Å². The predicted octanol–water partition coefficient (Wildman–Crippen LogP) is 3.28. The van der Waals surface area contributed by atoms with E-state index in [9.17, 15) is 13.2 Å². The average Bonchev–Trinajstić information content (AvgIpc) is 2.30. The summed E-state index contributed by atoms with van der Waals surface area (Å²) in [5, 5.41) is -1.00. The fraction of sp³-hybridized carbons (Fsp3) is 0.111. The molecule has 2 aromatic heterocycles. The van der Waals surface area contributed by atoms with Gasteiger partial charge in [0, 0.05) is 18.6 Å². The van der Waals surface area contributed by atoms with Crippen LogP contribution in [0.15, 0.2) is 31.0 Å². The highest BCUT2D eigenvalue weighted by atomic mass is 35.5. The van der Waals surface area contributed by atoms with Crippen LogP contribution in [0.2, 0.25) is 10.4 Å². The number of alkyl halides is 3. The number of hydrogen-bond acceptors (Lipinski definition) is 4. The summed E-state index contributed by atoms with van der Waals surface area (Å²) in [7, 11) is 0. The van der Waals surface area contributed by atoms with Gasteiger partial charge in [-0.25, -0.2) is 19.9 Å². The van der Waals surface area contributed by atoms with Gasteiger partial charge >= 0.3 is 6.18 Å². The van der Waals surface area contributed by atoms with Crippen molar-refractivity contribution in [1.82, 2.24) is 19.9 Å². The standard InChI is InChI=1S/C5HCl2F3N2.C4H4N2/c6-3-2(5(8,9)10)1-11-4(7)12-3;1-2-5-4-6-3-1/h1H;1-4H. The molecule has 0 N–H and O–H groups in total. The number of halogens is 5. The van der Waals surface area contributed by atoms with E-state index < -0.39 is 16.9 Å². The van der Waals surface area contributed by atoms with Crippen molar-refractivity contribution in [2.45, 2.75) is 6.18 Å². The molecule has 0 radical (unpaired) electrons. The fourth-order valence-corrected chi connectivity index (χ4v) is 1.20. The van der Waals surface area contributed by atoms with Gasteiger partial charge < -0.3 is 0 Å². The first-order valence-corrected chi connectivity index (χ1v) is 5.12. The van der Waals surface area contributed by atoms with Gasteiger partial charge in [0.05, 0.1) is 0 Å². The molecule has 0 aliphatic heterocycles. The first kappa shape index (κ1) is 14.6. The molecule has 2 aromatic rings. The van der Waals surface area contributed by atoms with E-state index in [1.807, 2.05) is 0 Å². The summed E-state index contributed by atoms with van der Waals surface area (Å²) in [6, 6.07) is 1.78. The van der Waals surface area contributed by atoms with E-state index in [1.54, 1.807) is 18.5 Å². The normalized spacial score (nSPS) is 10.5. The average molecular weight is 297 g/mol. The van der Waals surface area contributed by atoms with Crippen molar-refractivity contribution in [3.05, 3.63) is 47.0 Å². The van der Waals surface area contributed by atoms with Crippen molar-refractivity contribution in [1.29, 1.82) is 0 Å². The first-order valence-electron chi connectivity index (χ1n) is 4.36. The summed E-state index contributed by atoms with van der Waals surface area (Å²) in [6.45, 7) is 0.